The van der Waals surface area contributed by atoms with Crippen molar-refractivity contribution in [2.24, 2.45) is 7.05 Å². The average molecular weight is 289 g/mol. The highest BCUT2D eigenvalue weighted by atomic mass is 16.5. The Balaban J connectivity index is 2.87. The van der Waals surface area contributed by atoms with E-state index < -0.39 is 5.60 Å². The maximum atomic E-state index is 12.5. The van der Waals surface area contributed by atoms with E-state index in [0.29, 0.717) is 22.2 Å². The lowest BCUT2D eigenvalue weighted by molar-refractivity contribution is 0.134. The number of ether oxygens (including phenoxy) is 1. The topological polar surface area (TPSA) is 71.7 Å². The molecule has 0 aliphatic heterocycles. The molecule has 0 aliphatic carbocycles. The molecule has 0 fully saturated rings. The van der Waals surface area contributed by atoms with Crippen molar-refractivity contribution in [2.45, 2.75) is 19.4 Å². The van der Waals surface area contributed by atoms with Gasteiger partial charge in [-0.25, -0.2) is 0 Å². The summed E-state index contributed by atoms with van der Waals surface area (Å²) in [5.74, 6) is 0.396. The molecule has 112 valence electrons. The second-order valence-corrected chi connectivity index (χ2v) is 5.47. The van der Waals surface area contributed by atoms with Gasteiger partial charge in [-0.3, -0.25) is 4.79 Å². The molecule has 5 heteroatoms. The number of para-hydroxylation sites is 1. The molecule has 5 nitrogen and oxygen atoms in total. The van der Waals surface area contributed by atoms with Gasteiger partial charge in [0.25, 0.3) is 5.56 Å². The van der Waals surface area contributed by atoms with Gasteiger partial charge in [-0.1, -0.05) is 12.1 Å². The van der Waals surface area contributed by atoms with Crippen LogP contribution in [0.25, 0.3) is 17.0 Å². The fourth-order valence-corrected chi connectivity index (χ4v) is 2.25. The second-order valence-electron chi connectivity index (χ2n) is 5.47. The molecule has 0 aliphatic rings. The van der Waals surface area contributed by atoms with E-state index in [-0.39, 0.29) is 11.3 Å². The summed E-state index contributed by atoms with van der Waals surface area (Å²) < 4.78 is 6.73. The van der Waals surface area contributed by atoms with Gasteiger partial charge >= 0.3 is 0 Å². The number of phenols is 1. The molecule has 0 atom stereocenters. The molecule has 0 saturated carbocycles. The molecule has 1 aromatic carbocycles. The minimum Gasteiger partial charge on any atom is -0.506 e. The van der Waals surface area contributed by atoms with Crippen molar-refractivity contribution >= 4 is 17.0 Å². The van der Waals surface area contributed by atoms with Gasteiger partial charge in [-0.05, 0) is 32.1 Å². The predicted molar refractivity (Wildman–Crippen MR) is 82.7 cm³/mol. The number of nitrogens with zero attached hydrogens (tertiary/aromatic N) is 1. The predicted octanol–water partition coefficient (Wildman–Crippen LogP) is 2.04. The molecule has 21 heavy (non-hydrogen) atoms. The highest BCUT2D eigenvalue weighted by molar-refractivity contribution is 5.92. The van der Waals surface area contributed by atoms with Gasteiger partial charge in [0, 0.05) is 12.4 Å². The molecule has 0 radical (unpaired) electrons. The third-order valence-corrected chi connectivity index (χ3v) is 3.24. The van der Waals surface area contributed by atoms with Crippen LogP contribution in [-0.4, -0.2) is 27.5 Å². The van der Waals surface area contributed by atoms with Crippen molar-refractivity contribution in [1.82, 2.24) is 4.57 Å². The van der Waals surface area contributed by atoms with Crippen LogP contribution in [0.2, 0.25) is 0 Å². The Kier molecular flexibility index (Phi) is 3.78. The number of aromatic nitrogens is 1. The Morgan fingerprint density at radius 2 is 2.00 bits per heavy atom. The van der Waals surface area contributed by atoms with Gasteiger partial charge in [0.1, 0.15) is 11.5 Å². The first-order valence-electron chi connectivity index (χ1n) is 6.56. The zero-order chi connectivity index (χ0) is 15.8. The highest BCUT2D eigenvalue weighted by Gasteiger charge is 2.17. The van der Waals surface area contributed by atoms with Gasteiger partial charge in [-0.15, -0.1) is 0 Å². The number of hydrogen-bond donors (Lipinski definition) is 2. The van der Waals surface area contributed by atoms with E-state index in [9.17, 15) is 15.0 Å². The van der Waals surface area contributed by atoms with E-state index in [4.69, 9.17) is 4.74 Å². The lowest BCUT2D eigenvalue weighted by atomic mass is 10.1. The summed E-state index contributed by atoms with van der Waals surface area (Å²) in [6.45, 7) is 3.24. The zero-order valence-electron chi connectivity index (χ0n) is 12.5. The minimum absolute atomic E-state index is 0.0171. The van der Waals surface area contributed by atoms with Crippen molar-refractivity contribution < 1.29 is 14.9 Å². The number of fused-ring (bicyclic) bond motifs is 1. The van der Waals surface area contributed by atoms with Gasteiger partial charge < -0.3 is 19.5 Å². The van der Waals surface area contributed by atoms with Crippen molar-refractivity contribution in [3.05, 3.63) is 40.2 Å². The van der Waals surface area contributed by atoms with Gasteiger partial charge in [-0.2, -0.15) is 0 Å². The van der Waals surface area contributed by atoms with E-state index in [1.54, 1.807) is 39.1 Å². The fraction of sp³-hybridized carbons (Fsp3) is 0.312. The third kappa shape index (κ3) is 2.78. The zero-order valence-corrected chi connectivity index (χ0v) is 12.5. The Morgan fingerprint density at radius 1 is 1.33 bits per heavy atom. The molecule has 2 N–H and O–H groups in total. The van der Waals surface area contributed by atoms with Crippen LogP contribution in [0.3, 0.4) is 0 Å². The smallest absolute Gasteiger partial charge is 0.261 e. The summed E-state index contributed by atoms with van der Waals surface area (Å²) in [6, 6.07) is 4.98. The molecule has 0 unspecified atom stereocenters. The molecule has 1 aromatic heterocycles. The molecule has 0 saturated heterocycles. The number of hydrogen-bond acceptors (Lipinski definition) is 4. The van der Waals surface area contributed by atoms with Crippen LogP contribution >= 0.6 is 0 Å². The number of methoxy groups -OCH3 is 1. The summed E-state index contributed by atoms with van der Waals surface area (Å²) in [5, 5.41) is 20.4. The van der Waals surface area contributed by atoms with E-state index in [2.05, 4.69) is 0 Å². The number of pyridine rings is 1. The largest absolute Gasteiger partial charge is 0.506 e. The van der Waals surface area contributed by atoms with E-state index >= 15 is 0 Å². The molecular weight excluding hydrogens is 270 g/mol. The minimum atomic E-state index is -1.04. The van der Waals surface area contributed by atoms with Gasteiger partial charge in [0.2, 0.25) is 0 Å². The number of aliphatic hydroxyl groups is 1. The first-order valence-corrected chi connectivity index (χ1v) is 6.56. The van der Waals surface area contributed by atoms with Crippen LogP contribution < -0.4 is 10.3 Å². The number of phenolic OH excluding ortho intramolecular Hbond substituents is 1. The molecule has 1 heterocycles. The summed E-state index contributed by atoms with van der Waals surface area (Å²) in [4.78, 5) is 12.5. The summed E-state index contributed by atoms with van der Waals surface area (Å²) >= 11 is 0. The quantitative estimate of drug-likeness (QED) is 0.907. The highest BCUT2D eigenvalue weighted by Crippen LogP contribution is 2.32. The Bertz CT molecular complexity index is 766. The van der Waals surface area contributed by atoms with Crippen LogP contribution in [-0.2, 0) is 7.05 Å². The number of rotatable bonds is 3. The van der Waals surface area contributed by atoms with Crippen molar-refractivity contribution in [3.8, 4) is 11.5 Å². The average Bonchev–Trinajstić information content (AvgIpc) is 2.40. The summed E-state index contributed by atoms with van der Waals surface area (Å²) in [5.41, 5.74) is -0.592. The SMILES string of the molecule is COc1c(C=CC(C)(C)O)c(=O)n(C)c2c(O)cccc12. The van der Waals surface area contributed by atoms with Crippen molar-refractivity contribution in [3.63, 3.8) is 0 Å². The molecule has 0 bridgehead atoms. The Hall–Kier alpha value is -2.27. The normalized spacial score (nSPS) is 12.2. The number of benzene rings is 1. The Morgan fingerprint density at radius 3 is 2.57 bits per heavy atom. The summed E-state index contributed by atoms with van der Waals surface area (Å²) in [7, 11) is 3.06. The van der Waals surface area contributed by atoms with Gasteiger partial charge in [0.15, 0.2) is 0 Å². The number of aryl methyl sites for hydroxylation is 1. The standard InChI is InChI=1S/C16H19NO4/c1-16(2,20)9-8-11-14(21-4)10-6-5-7-12(18)13(10)17(3)15(11)19/h5-9,18,20H,1-4H3. The third-order valence-electron chi connectivity index (χ3n) is 3.24. The van der Waals surface area contributed by atoms with Crippen LogP contribution in [0.5, 0.6) is 11.5 Å². The maximum absolute atomic E-state index is 12.5. The monoisotopic (exact) mass is 289 g/mol. The van der Waals surface area contributed by atoms with Crippen LogP contribution in [0, 0.1) is 0 Å². The Labute approximate surface area is 122 Å². The van der Waals surface area contributed by atoms with E-state index in [0.717, 1.165) is 0 Å². The van der Waals surface area contributed by atoms with Crippen LogP contribution in [0.1, 0.15) is 19.4 Å². The van der Waals surface area contributed by atoms with E-state index in [1.165, 1.54) is 23.8 Å². The lowest BCUT2D eigenvalue weighted by Gasteiger charge is -2.15. The van der Waals surface area contributed by atoms with Crippen LogP contribution in [0.4, 0.5) is 0 Å². The summed E-state index contributed by atoms with van der Waals surface area (Å²) in [6.07, 6.45) is 3.07. The molecule has 2 aromatic rings. The van der Waals surface area contributed by atoms with E-state index in [1.807, 2.05) is 0 Å². The fourth-order valence-electron chi connectivity index (χ4n) is 2.25. The van der Waals surface area contributed by atoms with Crippen molar-refractivity contribution in [1.29, 1.82) is 0 Å². The molecule has 2 rings (SSSR count). The lowest BCUT2D eigenvalue weighted by Crippen LogP contribution is -2.21. The maximum Gasteiger partial charge on any atom is 0.261 e. The first-order chi connectivity index (χ1) is 9.76. The molecule has 0 spiro atoms. The second kappa shape index (κ2) is 5.26. The van der Waals surface area contributed by atoms with Crippen LogP contribution in [0.15, 0.2) is 29.1 Å². The number of aromatic hydroxyl groups is 1. The molecule has 0 amide bonds. The van der Waals surface area contributed by atoms with Crippen molar-refractivity contribution in [2.75, 3.05) is 7.11 Å². The molecular formula is C16H19NO4. The van der Waals surface area contributed by atoms with Gasteiger partial charge in [0.05, 0.1) is 23.8 Å². The first kappa shape index (κ1) is 15.1.